The third kappa shape index (κ3) is 5.64. The molecule has 244 valence electrons. The summed E-state index contributed by atoms with van der Waals surface area (Å²) in [5.74, 6) is -0.0849. The average molecular weight is 714 g/mol. The zero-order valence-corrected chi connectivity index (χ0v) is 25.7. The van der Waals surface area contributed by atoms with Gasteiger partial charge in [-0.15, -0.1) is 0 Å². The molecule has 45 heavy (non-hydrogen) atoms. The van der Waals surface area contributed by atoms with E-state index >= 15 is 8.78 Å². The average Bonchev–Trinajstić information content (AvgIpc) is 3.72. The molecular formula is C20H23F2N9O10P2S2. The number of rotatable bonds is 2. The Kier molecular flexibility index (Phi) is 7.92. The van der Waals surface area contributed by atoms with Gasteiger partial charge in [0.1, 0.15) is 35.9 Å². The number of fused-ring (bicyclic) bond motifs is 5. The van der Waals surface area contributed by atoms with Crippen LogP contribution in [0.3, 0.4) is 0 Å². The molecule has 2 bridgehead atoms. The maximum Gasteiger partial charge on any atom is 0.325 e. The van der Waals surface area contributed by atoms with Gasteiger partial charge in [-0.05, 0) is 23.6 Å². The monoisotopic (exact) mass is 713 g/mol. The Balaban J connectivity index is 1.19. The van der Waals surface area contributed by atoms with Gasteiger partial charge in [0.25, 0.3) is 5.56 Å². The van der Waals surface area contributed by atoms with Gasteiger partial charge in [0.05, 0.1) is 32.2 Å². The first-order valence-corrected chi connectivity index (χ1v) is 18.2. The highest BCUT2D eigenvalue weighted by molar-refractivity contribution is 8.07. The molecule has 3 unspecified atom stereocenters. The number of halogens is 2. The third-order valence-corrected chi connectivity index (χ3v) is 10.4. The molecule has 7 rings (SSSR count). The number of H-pyrrole nitrogens is 1. The van der Waals surface area contributed by atoms with Gasteiger partial charge in [-0.25, -0.2) is 23.7 Å². The number of aliphatic hydroxyl groups is 1. The second kappa shape index (κ2) is 11.4. The molecule has 4 aliphatic heterocycles. The summed E-state index contributed by atoms with van der Waals surface area (Å²) in [4.78, 5) is 52.3. The van der Waals surface area contributed by atoms with Crippen molar-refractivity contribution in [2.45, 2.75) is 55.4 Å². The lowest BCUT2D eigenvalue weighted by molar-refractivity contribution is -0.0601. The first-order chi connectivity index (χ1) is 21.3. The van der Waals surface area contributed by atoms with Gasteiger partial charge in [0.15, 0.2) is 42.2 Å². The minimum atomic E-state index is -4.36. The van der Waals surface area contributed by atoms with E-state index in [-0.39, 0.29) is 28.6 Å². The SMILES string of the molecule is Nc1nc2c(ncn2[C@@H]2O[C@@H]3COP(O)(=S)O[C@H]4[C@@H](F)[C@H](n5cnc6c5NC=NC6O)O[C@@H]4COP(O)(=S)O[C@@H]2[C@@H]3F)c(=O)[nH]1. The molecule has 7 N–H and O–H groups in total. The largest absolute Gasteiger partial charge is 0.369 e. The molecule has 19 nitrogen and oxygen atoms in total. The number of aromatic nitrogens is 6. The quantitative estimate of drug-likeness (QED) is 0.188. The van der Waals surface area contributed by atoms with Crippen LogP contribution in [-0.2, 0) is 51.2 Å². The van der Waals surface area contributed by atoms with Gasteiger partial charge in [-0.2, -0.15) is 4.98 Å². The van der Waals surface area contributed by atoms with E-state index in [1.807, 2.05) is 0 Å². The van der Waals surface area contributed by atoms with Gasteiger partial charge < -0.3 is 44.5 Å². The molecule has 3 aromatic heterocycles. The lowest BCUT2D eigenvalue weighted by Crippen LogP contribution is -2.34. The number of nitrogens with one attached hydrogen (secondary N) is 2. The number of hydrogen-bond donors (Lipinski definition) is 6. The van der Waals surface area contributed by atoms with E-state index in [2.05, 4.69) is 30.2 Å². The van der Waals surface area contributed by atoms with Gasteiger partial charge in [0.2, 0.25) is 5.95 Å². The van der Waals surface area contributed by atoms with Crippen molar-refractivity contribution >= 4 is 66.3 Å². The van der Waals surface area contributed by atoms with Crippen LogP contribution >= 0.6 is 13.4 Å². The van der Waals surface area contributed by atoms with Crippen molar-refractivity contribution in [2.75, 3.05) is 24.3 Å². The number of anilines is 2. The third-order valence-electron chi connectivity index (χ3n) is 7.33. The van der Waals surface area contributed by atoms with E-state index in [0.29, 0.717) is 0 Å². The number of hydrogen-bond acceptors (Lipinski definition) is 16. The summed E-state index contributed by atoms with van der Waals surface area (Å²) in [7, 11) is 0. The highest BCUT2D eigenvalue weighted by Crippen LogP contribution is 2.54. The van der Waals surface area contributed by atoms with Crippen molar-refractivity contribution < 1.29 is 51.2 Å². The minimum absolute atomic E-state index is 0.0929. The molecule has 11 atom stereocenters. The Morgan fingerprint density at radius 3 is 2.40 bits per heavy atom. The molecule has 3 saturated heterocycles. The van der Waals surface area contributed by atoms with Crippen LogP contribution in [0.15, 0.2) is 22.4 Å². The molecule has 25 heteroatoms. The summed E-state index contributed by atoms with van der Waals surface area (Å²) < 4.78 is 67.8. The van der Waals surface area contributed by atoms with Crippen molar-refractivity contribution in [1.29, 1.82) is 0 Å². The normalized spacial score (nSPS) is 40.2. The molecule has 0 aliphatic carbocycles. The number of aliphatic hydroxyl groups excluding tert-OH is 1. The molecule has 4 aliphatic rings. The number of nitrogen functional groups attached to an aromatic ring is 1. The van der Waals surface area contributed by atoms with Crippen molar-refractivity contribution in [2.24, 2.45) is 4.99 Å². The summed E-state index contributed by atoms with van der Waals surface area (Å²) in [6.45, 7) is -10.1. The Morgan fingerprint density at radius 1 is 0.978 bits per heavy atom. The van der Waals surface area contributed by atoms with Gasteiger partial charge >= 0.3 is 13.4 Å². The highest BCUT2D eigenvalue weighted by Gasteiger charge is 2.54. The number of aromatic amines is 1. The van der Waals surface area contributed by atoms with E-state index in [9.17, 15) is 19.7 Å². The summed E-state index contributed by atoms with van der Waals surface area (Å²) in [5, 5.41) is 12.8. The smallest absolute Gasteiger partial charge is 0.325 e. The molecule has 0 amide bonds. The second-order valence-corrected chi connectivity index (χ2v) is 15.7. The number of nitrogens with two attached hydrogens (primary N) is 1. The van der Waals surface area contributed by atoms with Crippen LogP contribution in [0.1, 0.15) is 24.4 Å². The zero-order valence-electron chi connectivity index (χ0n) is 22.3. The van der Waals surface area contributed by atoms with Crippen LogP contribution in [0.4, 0.5) is 20.5 Å². The van der Waals surface area contributed by atoms with Crippen LogP contribution in [0, 0.1) is 0 Å². The Morgan fingerprint density at radius 2 is 1.64 bits per heavy atom. The van der Waals surface area contributed by atoms with Crippen molar-refractivity contribution in [3.05, 3.63) is 28.7 Å². The first kappa shape index (κ1) is 31.2. The predicted octanol–water partition coefficient (Wildman–Crippen LogP) is -0.235. The number of imidazole rings is 2. The van der Waals surface area contributed by atoms with Crippen molar-refractivity contribution in [3.63, 3.8) is 0 Å². The Bertz CT molecular complexity index is 1830. The maximum absolute atomic E-state index is 16.0. The second-order valence-electron chi connectivity index (χ2n) is 10.1. The number of aliphatic imine (C=N–C) groups is 1. The van der Waals surface area contributed by atoms with E-state index in [1.165, 1.54) is 17.2 Å². The number of ether oxygens (including phenoxy) is 2. The van der Waals surface area contributed by atoms with Crippen molar-refractivity contribution in [1.82, 2.24) is 29.1 Å². The van der Waals surface area contributed by atoms with Crippen LogP contribution in [0.5, 0.6) is 0 Å². The van der Waals surface area contributed by atoms with Crippen molar-refractivity contribution in [3.8, 4) is 0 Å². The maximum atomic E-state index is 16.0. The molecular weight excluding hydrogens is 690 g/mol. The van der Waals surface area contributed by atoms with Gasteiger partial charge in [-0.1, -0.05) is 0 Å². The van der Waals surface area contributed by atoms with Gasteiger partial charge in [-0.3, -0.25) is 28.0 Å². The van der Waals surface area contributed by atoms with E-state index in [1.54, 1.807) is 0 Å². The van der Waals surface area contributed by atoms with Crippen LogP contribution < -0.4 is 16.6 Å². The summed E-state index contributed by atoms with van der Waals surface area (Å²) in [5.41, 5.74) is 4.86. The molecule has 0 saturated carbocycles. The summed E-state index contributed by atoms with van der Waals surface area (Å²) in [6, 6.07) is 0. The minimum Gasteiger partial charge on any atom is -0.369 e. The first-order valence-electron chi connectivity index (χ1n) is 13.0. The molecule has 3 fully saturated rings. The fraction of sp³-hybridized carbons (Fsp3) is 0.550. The number of alkyl halides is 2. The van der Waals surface area contributed by atoms with E-state index < -0.39 is 87.7 Å². The van der Waals surface area contributed by atoms with E-state index in [0.717, 1.165) is 10.9 Å². The van der Waals surface area contributed by atoms with Crippen LogP contribution in [-0.4, -0.2) is 100 Å². The molecule has 0 aromatic carbocycles. The standard InChI is InChI=1S/C20H23F2N9O10P2S2/c21-8-6-1-36-42(34,44)40-12-7(39-18(9(12)22)30-4-26-10-14(30)24-3-25-16(10)32)2-37-43(35,45)41-13(8)19(38-6)31-5-27-11-15(31)28-20(23)29-17(11)33/h3-9,12-13,16,18-19,32H,1-2H2,(H,24,25)(H,34,44)(H,35,45)(H3,23,28,29,33)/t6-,7-,8-,9-,12-,13-,16?,18-,19-,42?,43?/m1/s1. The molecule has 0 spiro atoms. The zero-order chi connectivity index (χ0) is 31.8. The molecule has 3 aromatic rings. The lowest BCUT2D eigenvalue weighted by atomic mass is 10.1. The molecule has 0 radical (unpaired) electrons. The summed E-state index contributed by atoms with van der Waals surface area (Å²) in [6.07, 6.45) is -11.0. The number of nitrogens with zero attached hydrogens (tertiary/aromatic N) is 6. The fourth-order valence-electron chi connectivity index (χ4n) is 5.32. The van der Waals surface area contributed by atoms with Crippen LogP contribution in [0.25, 0.3) is 11.2 Å². The highest BCUT2D eigenvalue weighted by atomic mass is 32.5. The lowest BCUT2D eigenvalue weighted by Gasteiger charge is -2.27. The predicted molar refractivity (Wildman–Crippen MR) is 154 cm³/mol. The molecule has 7 heterocycles. The fourth-order valence-corrected chi connectivity index (χ4v) is 8.16. The Labute approximate surface area is 259 Å². The summed E-state index contributed by atoms with van der Waals surface area (Å²) >= 11 is 10.3. The topological polar surface area (TPSA) is 248 Å². The van der Waals surface area contributed by atoms with Gasteiger partial charge in [0, 0.05) is 0 Å². The Hall–Kier alpha value is -2.37. The van der Waals surface area contributed by atoms with E-state index in [4.69, 9.17) is 56.9 Å². The van der Waals surface area contributed by atoms with Crippen LogP contribution in [0.2, 0.25) is 0 Å².